The van der Waals surface area contributed by atoms with E-state index in [4.69, 9.17) is 5.84 Å². The van der Waals surface area contributed by atoms with Crippen LogP contribution < -0.4 is 11.3 Å². The van der Waals surface area contributed by atoms with E-state index in [-0.39, 0.29) is 0 Å². The molecular weight excluding hydrogens is 160 g/mol. The quantitative estimate of drug-likeness (QED) is 0.389. The van der Waals surface area contributed by atoms with Gasteiger partial charge < -0.3 is 0 Å². The summed E-state index contributed by atoms with van der Waals surface area (Å²) in [5.74, 6) is 6.35. The van der Waals surface area contributed by atoms with Crippen LogP contribution in [-0.2, 0) is 0 Å². The lowest BCUT2D eigenvalue weighted by molar-refractivity contribution is 0.359. The minimum Gasteiger partial charge on any atom is -0.271 e. The van der Waals surface area contributed by atoms with Crippen molar-refractivity contribution in [2.24, 2.45) is 11.8 Å². The highest BCUT2D eigenvalue weighted by atomic mass is 15.2. The Balaban J connectivity index is 2.37. The predicted molar refractivity (Wildman–Crippen MR) is 57.1 cm³/mol. The molecule has 1 atom stereocenters. The van der Waals surface area contributed by atoms with Gasteiger partial charge in [0.05, 0.1) is 0 Å². The molecule has 0 radical (unpaired) electrons. The minimum atomic E-state index is 0.468. The highest BCUT2D eigenvalue weighted by molar-refractivity contribution is 4.98. The van der Waals surface area contributed by atoms with Gasteiger partial charge in [-0.2, -0.15) is 0 Å². The van der Waals surface area contributed by atoms with Crippen molar-refractivity contribution in [2.45, 2.75) is 51.5 Å². The molecule has 0 saturated heterocycles. The van der Waals surface area contributed by atoms with Crippen LogP contribution in [0.5, 0.6) is 0 Å². The summed E-state index contributed by atoms with van der Waals surface area (Å²) in [6.07, 6.45) is 7.56. The van der Waals surface area contributed by atoms with Crippen molar-refractivity contribution in [2.75, 3.05) is 0 Å². The van der Waals surface area contributed by atoms with E-state index in [9.17, 15) is 0 Å². The van der Waals surface area contributed by atoms with Crippen molar-refractivity contribution < 1.29 is 0 Å². The molecule has 0 aliphatic heterocycles. The number of nitrogens with two attached hydrogens (primary N) is 1. The summed E-state index contributed by atoms with van der Waals surface area (Å²) in [7, 11) is 0. The Hall–Kier alpha value is -0.340. The topological polar surface area (TPSA) is 38.0 Å². The van der Waals surface area contributed by atoms with E-state index in [1.807, 2.05) is 0 Å². The molecule has 13 heavy (non-hydrogen) atoms. The summed E-state index contributed by atoms with van der Waals surface area (Å²) >= 11 is 0. The van der Waals surface area contributed by atoms with E-state index in [1.54, 1.807) is 0 Å². The lowest BCUT2D eigenvalue weighted by atomic mass is 9.92. The van der Waals surface area contributed by atoms with E-state index in [1.165, 1.54) is 31.3 Å². The molecular formula is C11H22N2. The summed E-state index contributed by atoms with van der Waals surface area (Å²) in [6, 6.07) is 0.468. The first-order valence-electron chi connectivity index (χ1n) is 5.40. The molecule has 0 bridgehead atoms. The van der Waals surface area contributed by atoms with E-state index < -0.39 is 0 Å². The normalized spacial score (nSPS) is 20.5. The Morgan fingerprint density at radius 2 is 2.15 bits per heavy atom. The zero-order valence-electron chi connectivity index (χ0n) is 8.68. The molecule has 0 spiro atoms. The third-order valence-corrected chi connectivity index (χ3v) is 3.19. The highest BCUT2D eigenvalue weighted by Gasteiger charge is 2.23. The van der Waals surface area contributed by atoms with Crippen LogP contribution >= 0.6 is 0 Å². The largest absolute Gasteiger partial charge is 0.271 e. The SMILES string of the molecule is C=C(CC)CC(NN)C1CCCC1. The van der Waals surface area contributed by atoms with Gasteiger partial charge in [-0.25, -0.2) is 0 Å². The molecule has 1 aliphatic rings. The van der Waals surface area contributed by atoms with Crippen LogP contribution in [0.3, 0.4) is 0 Å². The number of hydrogen-bond acceptors (Lipinski definition) is 2. The monoisotopic (exact) mass is 182 g/mol. The Morgan fingerprint density at radius 3 is 2.62 bits per heavy atom. The van der Waals surface area contributed by atoms with Gasteiger partial charge in [-0.15, -0.1) is 0 Å². The third kappa shape index (κ3) is 3.12. The molecule has 3 N–H and O–H groups in total. The average molecular weight is 182 g/mol. The molecule has 0 heterocycles. The van der Waals surface area contributed by atoms with Crippen molar-refractivity contribution in [3.63, 3.8) is 0 Å². The number of hydrogen-bond donors (Lipinski definition) is 2. The van der Waals surface area contributed by atoms with Crippen molar-refractivity contribution in [3.05, 3.63) is 12.2 Å². The predicted octanol–water partition coefficient (Wildman–Crippen LogP) is 2.36. The standard InChI is InChI=1S/C11H22N2/c1-3-9(2)8-11(13-12)10-6-4-5-7-10/h10-11,13H,2-8,12H2,1H3. The van der Waals surface area contributed by atoms with Crippen LogP contribution in [0.2, 0.25) is 0 Å². The molecule has 1 fully saturated rings. The molecule has 0 aromatic heterocycles. The van der Waals surface area contributed by atoms with Crippen molar-refractivity contribution in [1.82, 2.24) is 5.43 Å². The van der Waals surface area contributed by atoms with Crippen molar-refractivity contribution in [3.8, 4) is 0 Å². The molecule has 0 aromatic rings. The molecule has 0 amide bonds. The zero-order chi connectivity index (χ0) is 9.68. The lowest BCUT2D eigenvalue weighted by Crippen LogP contribution is -2.40. The van der Waals surface area contributed by atoms with Gasteiger partial charge >= 0.3 is 0 Å². The Kier molecular flexibility index (Phi) is 4.46. The fourth-order valence-electron chi connectivity index (χ4n) is 2.18. The van der Waals surface area contributed by atoms with E-state index in [0.29, 0.717) is 6.04 Å². The van der Waals surface area contributed by atoms with Gasteiger partial charge in [0.25, 0.3) is 0 Å². The van der Waals surface area contributed by atoms with Gasteiger partial charge in [0.15, 0.2) is 0 Å². The molecule has 2 heteroatoms. The Bertz CT molecular complexity index is 159. The first-order valence-corrected chi connectivity index (χ1v) is 5.40. The van der Waals surface area contributed by atoms with E-state index in [0.717, 1.165) is 18.8 Å². The maximum Gasteiger partial charge on any atom is 0.0275 e. The molecule has 1 saturated carbocycles. The number of nitrogens with one attached hydrogen (secondary N) is 1. The second kappa shape index (κ2) is 5.40. The van der Waals surface area contributed by atoms with Gasteiger partial charge in [-0.1, -0.05) is 31.9 Å². The summed E-state index contributed by atoms with van der Waals surface area (Å²) in [6.45, 7) is 6.19. The molecule has 76 valence electrons. The Labute approximate surface area is 81.6 Å². The van der Waals surface area contributed by atoms with Crippen LogP contribution in [0.1, 0.15) is 45.4 Å². The molecule has 0 aromatic carbocycles. The van der Waals surface area contributed by atoms with E-state index in [2.05, 4.69) is 18.9 Å². The summed E-state index contributed by atoms with van der Waals surface area (Å²) in [4.78, 5) is 0. The molecule has 2 nitrogen and oxygen atoms in total. The summed E-state index contributed by atoms with van der Waals surface area (Å²) < 4.78 is 0. The van der Waals surface area contributed by atoms with Crippen LogP contribution in [0.15, 0.2) is 12.2 Å². The molecule has 1 rings (SSSR count). The maximum absolute atomic E-state index is 5.56. The fourth-order valence-corrected chi connectivity index (χ4v) is 2.18. The highest BCUT2D eigenvalue weighted by Crippen LogP contribution is 2.30. The molecule has 1 aliphatic carbocycles. The third-order valence-electron chi connectivity index (χ3n) is 3.19. The van der Waals surface area contributed by atoms with Crippen LogP contribution in [0.25, 0.3) is 0 Å². The second-order valence-corrected chi connectivity index (χ2v) is 4.13. The van der Waals surface area contributed by atoms with Gasteiger partial charge in [-0.3, -0.25) is 11.3 Å². The number of rotatable bonds is 5. The lowest BCUT2D eigenvalue weighted by Gasteiger charge is -2.23. The first-order chi connectivity index (χ1) is 6.27. The van der Waals surface area contributed by atoms with Crippen molar-refractivity contribution in [1.29, 1.82) is 0 Å². The zero-order valence-corrected chi connectivity index (χ0v) is 8.68. The minimum absolute atomic E-state index is 0.468. The van der Waals surface area contributed by atoms with Crippen LogP contribution in [-0.4, -0.2) is 6.04 Å². The second-order valence-electron chi connectivity index (χ2n) is 4.13. The number of hydrazine groups is 1. The van der Waals surface area contributed by atoms with Gasteiger partial charge in [0, 0.05) is 6.04 Å². The van der Waals surface area contributed by atoms with Crippen LogP contribution in [0.4, 0.5) is 0 Å². The first kappa shape index (κ1) is 10.7. The van der Waals surface area contributed by atoms with Crippen molar-refractivity contribution >= 4 is 0 Å². The maximum atomic E-state index is 5.56. The summed E-state index contributed by atoms with van der Waals surface area (Å²) in [5.41, 5.74) is 4.26. The average Bonchev–Trinajstić information content (AvgIpc) is 2.66. The van der Waals surface area contributed by atoms with E-state index >= 15 is 0 Å². The smallest absolute Gasteiger partial charge is 0.0275 e. The van der Waals surface area contributed by atoms with Gasteiger partial charge in [-0.05, 0) is 31.6 Å². The fraction of sp³-hybridized carbons (Fsp3) is 0.818. The summed E-state index contributed by atoms with van der Waals surface area (Å²) in [5, 5.41) is 0. The van der Waals surface area contributed by atoms with Gasteiger partial charge in [0.2, 0.25) is 0 Å². The Morgan fingerprint density at radius 1 is 1.54 bits per heavy atom. The van der Waals surface area contributed by atoms with Crippen LogP contribution in [0, 0.1) is 5.92 Å². The van der Waals surface area contributed by atoms with Gasteiger partial charge in [0.1, 0.15) is 0 Å². The molecule has 1 unspecified atom stereocenters.